The molecule has 6 nitrogen and oxygen atoms in total. The van der Waals surface area contributed by atoms with E-state index in [0.29, 0.717) is 18.6 Å². The normalized spacial score (nSPS) is 18.6. The molecule has 0 amide bonds. The van der Waals surface area contributed by atoms with Crippen LogP contribution in [0.15, 0.2) is 4.99 Å². The van der Waals surface area contributed by atoms with Crippen LogP contribution < -0.4 is 10.6 Å². The zero-order chi connectivity index (χ0) is 12.5. The summed E-state index contributed by atoms with van der Waals surface area (Å²) in [5.74, 6) is 2.76. The van der Waals surface area contributed by atoms with Crippen molar-refractivity contribution >= 4 is 5.96 Å². The van der Waals surface area contributed by atoms with Gasteiger partial charge in [-0.1, -0.05) is 0 Å². The number of aliphatic imine (C=N–C) groups is 1. The van der Waals surface area contributed by atoms with Crippen molar-refractivity contribution in [1.29, 1.82) is 0 Å². The van der Waals surface area contributed by atoms with E-state index in [9.17, 15) is 0 Å². The molecule has 0 spiro atoms. The van der Waals surface area contributed by atoms with E-state index in [1.54, 1.807) is 0 Å². The average Bonchev–Trinajstić information content (AvgIpc) is 3.24. The first-order valence-electron chi connectivity index (χ1n) is 6.65. The van der Waals surface area contributed by atoms with Crippen molar-refractivity contribution in [2.24, 2.45) is 12.0 Å². The quantitative estimate of drug-likeness (QED) is 0.601. The number of rotatable bonds is 4. The third-order valence-electron chi connectivity index (χ3n) is 3.40. The third kappa shape index (κ3) is 2.80. The molecule has 0 atom stereocenters. The second-order valence-electron chi connectivity index (χ2n) is 5.22. The molecule has 6 heteroatoms. The molecule has 0 aliphatic heterocycles. The van der Waals surface area contributed by atoms with Crippen LogP contribution in [0.5, 0.6) is 0 Å². The Morgan fingerprint density at radius 1 is 1.22 bits per heavy atom. The molecule has 2 N–H and O–H groups in total. The highest BCUT2D eigenvalue weighted by atomic mass is 15.3. The van der Waals surface area contributed by atoms with Gasteiger partial charge in [-0.3, -0.25) is 0 Å². The Kier molecular flexibility index (Phi) is 2.93. The molecule has 18 heavy (non-hydrogen) atoms. The van der Waals surface area contributed by atoms with Gasteiger partial charge in [-0.05, 0) is 32.6 Å². The van der Waals surface area contributed by atoms with Crippen molar-refractivity contribution in [3.05, 3.63) is 11.6 Å². The van der Waals surface area contributed by atoms with Crippen molar-refractivity contribution in [2.75, 3.05) is 0 Å². The van der Waals surface area contributed by atoms with Crippen LogP contribution in [0.3, 0.4) is 0 Å². The summed E-state index contributed by atoms with van der Waals surface area (Å²) in [4.78, 5) is 4.60. The number of guanidine groups is 1. The van der Waals surface area contributed by atoms with Gasteiger partial charge in [0.25, 0.3) is 0 Å². The number of nitrogens with zero attached hydrogens (tertiary/aromatic N) is 4. The summed E-state index contributed by atoms with van der Waals surface area (Å²) < 4.78 is 1.98. The van der Waals surface area contributed by atoms with Gasteiger partial charge in [0.05, 0.1) is 0 Å². The summed E-state index contributed by atoms with van der Waals surface area (Å²) in [6.07, 6.45) is 5.03. The Hall–Kier alpha value is -1.59. The van der Waals surface area contributed by atoms with Gasteiger partial charge >= 0.3 is 0 Å². The van der Waals surface area contributed by atoms with Crippen molar-refractivity contribution < 1.29 is 0 Å². The van der Waals surface area contributed by atoms with Gasteiger partial charge < -0.3 is 15.2 Å². The van der Waals surface area contributed by atoms with Crippen LogP contribution in [0.1, 0.15) is 37.3 Å². The second kappa shape index (κ2) is 4.59. The minimum atomic E-state index is 0.576. The van der Waals surface area contributed by atoms with Gasteiger partial charge in [0, 0.05) is 19.1 Å². The molecule has 2 fully saturated rings. The number of nitrogens with one attached hydrogen (secondary N) is 2. The van der Waals surface area contributed by atoms with Crippen LogP contribution in [-0.2, 0) is 13.6 Å². The largest absolute Gasteiger partial charge is 0.354 e. The Morgan fingerprint density at radius 2 is 1.83 bits per heavy atom. The number of hydrogen-bond donors (Lipinski definition) is 2. The average molecular weight is 248 g/mol. The molecule has 2 aliphatic rings. The first-order valence-corrected chi connectivity index (χ1v) is 6.65. The molecule has 1 aromatic heterocycles. The zero-order valence-corrected chi connectivity index (χ0v) is 11.0. The van der Waals surface area contributed by atoms with E-state index in [0.717, 1.165) is 17.6 Å². The predicted molar refractivity (Wildman–Crippen MR) is 69.2 cm³/mol. The first kappa shape index (κ1) is 11.5. The summed E-state index contributed by atoms with van der Waals surface area (Å²) in [6.45, 7) is 2.53. The Morgan fingerprint density at radius 3 is 2.28 bits per heavy atom. The molecule has 0 unspecified atom stereocenters. The first-order chi connectivity index (χ1) is 8.72. The maximum Gasteiger partial charge on any atom is 0.192 e. The van der Waals surface area contributed by atoms with Crippen LogP contribution >= 0.6 is 0 Å². The SMILES string of the molecule is Cc1nnc(CN=C(NC2CC2)NC2CC2)n1C. The lowest BCUT2D eigenvalue weighted by Crippen LogP contribution is -2.39. The maximum absolute atomic E-state index is 4.60. The Balaban J connectivity index is 1.64. The summed E-state index contributed by atoms with van der Waals surface area (Å²) in [6, 6.07) is 1.24. The highest BCUT2D eigenvalue weighted by molar-refractivity contribution is 5.81. The van der Waals surface area contributed by atoms with Crippen molar-refractivity contribution in [3.8, 4) is 0 Å². The van der Waals surface area contributed by atoms with Gasteiger partial charge in [-0.15, -0.1) is 10.2 Å². The summed E-state index contributed by atoms with van der Waals surface area (Å²) in [5.41, 5.74) is 0. The van der Waals surface area contributed by atoms with E-state index in [2.05, 4.69) is 25.8 Å². The standard InChI is InChI=1S/C12H20N6/c1-8-16-17-11(18(8)2)7-13-12(14-9-3-4-9)15-10-5-6-10/h9-10H,3-7H2,1-2H3,(H2,13,14,15). The highest BCUT2D eigenvalue weighted by Gasteiger charge is 2.26. The topological polar surface area (TPSA) is 67.1 Å². The zero-order valence-electron chi connectivity index (χ0n) is 11.0. The molecular weight excluding hydrogens is 228 g/mol. The lowest BCUT2D eigenvalue weighted by molar-refractivity contribution is 0.749. The number of hydrogen-bond acceptors (Lipinski definition) is 3. The second-order valence-corrected chi connectivity index (χ2v) is 5.22. The van der Waals surface area contributed by atoms with Gasteiger partial charge in [0.15, 0.2) is 11.8 Å². The molecule has 3 rings (SSSR count). The molecule has 0 saturated heterocycles. The molecule has 1 heterocycles. The van der Waals surface area contributed by atoms with E-state index >= 15 is 0 Å². The Bertz CT molecular complexity index is 439. The monoisotopic (exact) mass is 248 g/mol. The molecule has 98 valence electrons. The smallest absolute Gasteiger partial charge is 0.192 e. The fraction of sp³-hybridized carbons (Fsp3) is 0.750. The summed E-state index contributed by atoms with van der Waals surface area (Å²) >= 11 is 0. The highest BCUT2D eigenvalue weighted by Crippen LogP contribution is 2.21. The van der Waals surface area contributed by atoms with Crippen molar-refractivity contribution in [3.63, 3.8) is 0 Å². The van der Waals surface area contributed by atoms with Crippen LogP contribution in [0.4, 0.5) is 0 Å². The molecule has 0 aromatic carbocycles. The lowest BCUT2D eigenvalue weighted by Gasteiger charge is -2.10. The minimum Gasteiger partial charge on any atom is -0.354 e. The molecule has 1 aromatic rings. The van der Waals surface area contributed by atoms with Gasteiger partial charge in [0.2, 0.25) is 0 Å². The Labute approximate surface area is 107 Å². The van der Waals surface area contributed by atoms with Crippen LogP contribution in [0.2, 0.25) is 0 Å². The molecule has 0 bridgehead atoms. The van der Waals surface area contributed by atoms with Gasteiger partial charge in [-0.25, -0.2) is 4.99 Å². The third-order valence-corrected chi connectivity index (χ3v) is 3.40. The molecule has 2 aliphatic carbocycles. The molecular formula is C12H20N6. The van der Waals surface area contributed by atoms with E-state index in [1.165, 1.54) is 25.7 Å². The van der Waals surface area contributed by atoms with Crippen molar-refractivity contribution in [2.45, 2.75) is 51.2 Å². The number of aromatic nitrogens is 3. The maximum atomic E-state index is 4.60. The van der Waals surface area contributed by atoms with E-state index < -0.39 is 0 Å². The predicted octanol–water partition coefficient (Wildman–Crippen LogP) is 0.484. The molecule has 2 saturated carbocycles. The lowest BCUT2D eigenvalue weighted by atomic mass is 10.5. The van der Waals surface area contributed by atoms with Crippen LogP contribution in [0, 0.1) is 6.92 Å². The van der Waals surface area contributed by atoms with Crippen LogP contribution in [0.25, 0.3) is 0 Å². The summed E-state index contributed by atoms with van der Waals surface area (Å²) in [5, 5.41) is 15.1. The van der Waals surface area contributed by atoms with Crippen LogP contribution in [-0.4, -0.2) is 32.8 Å². The van der Waals surface area contributed by atoms with Gasteiger partial charge in [-0.2, -0.15) is 0 Å². The fourth-order valence-electron chi connectivity index (χ4n) is 1.71. The minimum absolute atomic E-state index is 0.576. The van der Waals surface area contributed by atoms with E-state index in [1.807, 2.05) is 18.5 Å². The van der Waals surface area contributed by atoms with Gasteiger partial charge in [0.1, 0.15) is 12.4 Å². The van der Waals surface area contributed by atoms with Crippen molar-refractivity contribution in [1.82, 2.24) is 25.4 Å². The molecule has 0 radical (unpaired) electrons. The fourth-order valence-corrected chi connectivity index (χ4v) is 1.71. The summed E-state index contributed by atoms with van der Waals surface area (Å²) in [7, 11) is 1.97. The van der Waals surface area contributed by atoms with E-state index in [4.69, 9.17) is 0 Å². The number of aryl methyl sites for hydroxylation is 1. The van der Waals surface area contributed by atoms with E-state index in [-0.39, 0.29) is 0 Å².